The van der Waals surface area contributed by atoms with Gasteiger partial charge in [0.2, 0.25) is 5.75 Å². The highest BCUT2D eigenvalue weighted by atomic mass is 32.2. The van der Waals surface area contributed by atoms with Crippen LogP contribution in [0.15, 0.2) is 46.1 Å². The zero-order chi connectivity index (χ0) is 26.5. The Morgan fingerprint density at radius 3 is 2.51 bits per heavy atom. The van der Waals surface area contributed by atoms with Crippen molar-refractivity contribution in [3.05, 3.63) is 58.0 Å². The van der Waals surface area contributed by atoms with Crippen LogP contribution in [0.5, 0.6) is 5.75 Å². The maximum atomic E-state index is 13.2. The predicted octanol–water partition coefficient (Wildman–Crippen LogP) is 3.02. The van der Waals surface area contributed by atoms with Gasteiger partial charge in [-0.3, -0.25) is 9.69 Å². The molecule has 3 atom stereocenters. The number of nitrogens with zero attached hydrogens (tertiary/aromatic N) is 5. The Kier molecular flexibility index (Phi) is 6.46. The Bertz CT molecular complexity index is 1560. The second-order valence-corrected chi connectivity index (χ2v) is 11.9. The topological polar surface area (TPSA) is 109 Å². The number of aromatic nitrogens is 2. The van der Waals surface area contributed by atoms with Gasteiger partial charge in [0.1, 0.15) is 29.6 Å². The lowest BCUT2D eigenvalue weighted by molar-refractivity contribution is 0.0720. The van der Waals surface area contributed by atoms with Crippen LogP contribution >= 0.6 is 0 Å². The summed E-state index contributed by atoms with van der Waals surface area (Å²) in [5.74, 6) is 0.292. The van der Waals surface area contributed by atoms with Crippen LogP contribution in [-0.2, 0) is 16.9 Å². The molecule has 0 unspecified atom stereocenters. The van der Waals surface area contributed by atoms with Gasteiger partial charge in [-0.1, -0.05) is 26.0 Å². The molecule has 0 saturated carbocycles. The van der Waals surface area contributed by atoms with Gasteiger partial charge in [-0.05, 0) is 42.7 Å². The predicted molar refractivity (Wildman–Crippen MR) is 142 cm³/mol. The molecule has 1 fully saturated rings. The first-order valence-electron chi connectivity index (χ1n) is 12.6. The molecule has 2 aromatic heterocycles. The van der Waals surface area contributed by atoms with Crippen LogP contribution < -0.4 is 15.2 Å². The van der Waals surface area contributed by atoms with Crippen molar-refractivity contribution in [2.45, 2.75) is 49.7 Å². The summed E-state index contributed by atoms with van der Waals surface area (Å²) in [6, 6.07) is 13.0. The van der Waals surface area contributed by atoms with E-state index in [1.807, 2.05) is 12.1 Å². The van der Waals surface area contributed by atoms with E-state index in [4.69, 9.17) is 4.74 Å². The lowest BCUT2D eigenvalue weighted by Gasteiger charge is -2.51. The first-order valence-corrected chi connectivity index (χ1v) is 14.5. The molecule has 0 radical (unpaired) electrons. The van der Waals surface area contributed by atoms with E-state index in [0.717, 1.165) is 24.9 Å². The lowest BCUT2D eigenvalue weighted by Crippen LogP contribution is -2.62. The van der Waals surface area contributed by atoms with Crippen LogP contribution in [0.3, 0.4) is 0 Å². The number of piperazine rings is 1. The molecule has 5 rings (SSSR count). The number of fused-ring (bicyclic) bond motifs is 5. The molecule has 194 valence electrons. The second kappa shape index (κ2) is 9.47. The third-order valence-corrected chi connectivity index (χ3v) is 8.81. The molecule has 0 N–H and O–H groups in total. The van der Waals surface area contributed by atoms with E-state index in [0.29, 0.717) is 46.2 Å². The highest BCUT2D eigenvalue weighted by molar-refractivity contribution is 7.90. The first kappa shape index (κ1) is 25.2. The highest BCUT2D eigenvalue weighted by Crippen LogP contribution is 2.41. The number of hydrogen-bond acceptors (Lipinski definition) is 8. The van der Waals surface area contributed by atoms with Crippen molar-refractivity contribution in [3.8, 4) is 11.8 Å². The number of aryl methyl sites for hydroxylation is 1. The lowest BCUT2D eigenvalue weighted by atomic mass is 9.95. The average Bonchev–Trinajstić information content (AvgIpc) is 2.90. The summed E-state index contributed by atoms with van der Waals surface area (Å²) in [6.07, 6.45) is 2.99. The van der Waals surface area contributed by atoms with E-state index in [1.165, 1.54) is 10.8 Å². The van der Waals surface area contributed by atoms with Gasteiger partial charge in [0, 0.05) is 38.5 Å². The summed E-state index contributed by atoms with van der Waals surface area (Å²) >= 11 is 0. The van der Waals surface area contributed by atoms with Crippen LogP contribution in [0.25, 0.3) is 11.0 Å². The monoisotopic (exact) mass is 521 g/mol. The molecule has 0 spiro atoms. The Hall–Kier alpha value is -3.42. The van der Waals surface area contributed by atoms with Crippen molar-refractivity contribution >= 4 is 26.6 Å². The van der Waals surface area contributed by atoms with Gasteiger partial charge >= 0.3 is 0 Å². The van der Waals surface area contributed by atoms with Crippen molar-refractivity contribution in [1.82, 2.24) is 14.5 Å². The van der Waals surface area contributed by atoms with Gasteiger partial charge < -0.3 is 14.2 Å². The summed E-state index contributed by atoms with van der Waals surface area (Å²) in [5.41, 5.74) is 3.12. The molecule has 3 aromatic rings. The van der Waals surface area contributed by atoms with Crippen LogP contribution in [-0.4, -0.2) is 60.9 Å². The molecule has 9 nitrogen and oxygen atoms in total. The van der Waals surface area contributed by atoms with Gasteiger partial charge in [0.25, 0.3) is 5.56 Å². The Balaban J connectivity index is 1.54. The van der Waals surface area contributed by atoms with Crippen LogP contribution in [0, 0.1) is 11.3 Å². The third-order valence-electron chi connectivity index (χ3n) is 7.69. The normalized spacial score (nSPS) is 20.6. The van der Waals surface area contributed by atoms with Gasteiger partial charge in [0.05, 0.1) is 16.5 Å². The van der Waals surface area contributed by atoms with E-state index in [1.54, 1.807) is 31.3 Å². The minimum absolute atomic E-state index is 0.00231. The molecule has 1 saturated heterocycles. The van der Waals surface area contributed by atoms with E-state index < -0.39 is 9.84 Å². The Labute approximate surface area is 216 Å². The summed E-state index contributed by atoms with van der Waals surface area (Å²) < 4.78 is 31.5. The molecule has 0 amide bonds. The molecule has 1 aromatic carbocycles. The number of pyridine rings is 2. The molecular weight excluding hydrogens is 490 g/mol. The summed E-state index contributed by atoms with van der Waals surface area (Å²) in [4.78, 5) is 22.8. The maximum absolute atomic E-state index is 13.2. The molecule has 37 heavy (non-hydrogen) atoms. The molecule has 2 aliphatic rings. The van der Waals surface area contributed by atoms with Crippen molar-refractivity contribution in [3.63, 3.8) is 0 Å². The van der Waals surface area contributed by atoms with Crippen LogP contribution in [0.1, 0.15) is 44.0 Å². The summed E-state index contributed by atoms with van der Waals surface area (Å²) in [5, 5.41) is 9.46. The Morgan fingerprint density at radius 2 is 1.89 bits per heavy atom. The number of anilines is 1. The minimum Gasteiger partial charge on any atom is -0.484 e. The SMILES string of the molecule is CC[C@@H]1CN2c3c(c(=O)n(C)c4ccc(C#N)nc34)OC[C@@H]2CN1[C@@H](CC)c1ccc(S(C)(=O)=O)cc1. The number of benzene rings is 1. The molecule has 0 bridgehead atoms. The van der Waals surface area contributed by atoms with Crippen LogP contribution in [0.2, 0.25) is 0 Å². The fraction of sp³-hybridized carbons (Fsp3) is 0.444. The molecule has 0 aliphatic carbocycles. The van der Waals surface area contributed by atoms with Gasteiger partial charge in [-0.15, -0.1) is 0 Å². The smallest absolute Gasteiger partial charge is 0.295 e. The van der Waals surface area contributed by atoms with E-state index in [2.05, 4.69) is 34.7 Å². The first-order chi connectivity index (χ1) is 17.7. The maximum Gasteiger partial charge on any atom is 0.295 e. The minimum atomic E-state index is -3.26. The summed E-state index contributed by atoms with van der Waals surface area (Å²) in [7, 11) is -1.56. The van der Waals surface area contributed by atoms with E-state index in [9.17, 15) is 18.5 Å². The van der Waals surface area contributed by atoms with Crippen molar-refractivity contribution in [2.24, 2.45) is 7.05 Å². The van der Waals surface area contributed by atoms with Gasteiger partial charge in [-0.2, -0.15) is 5.26 Å². The van der Waals surface area contributed by atoms with Crippen molar-refractivity contribution < 1.29 is 13.2 Å². The van der Waals surface area contributed by atoms with Crippen molar-refractivity contribution in [2.75, 3.05) is 30.9 Å². The molecule has 10 heteroatoms. The summed E-state index contributed by atoms with van der Waals surface area (Å²) in [6.45, 7) is 6.09. The van der Waals surface area contributed by atoms with E-state index >= 15 is 0 Å². The van der Waals surface area contributed by atoms with E-state index in [-0.39, 0.29) is 23.7 Å². The van der Waals surface area contributed by atoms with Crippen molar-refractivity contribution in [1.29, 1.82) is 5.26 Å². The molecule has 4 heterocycles. The average molecular weight is 522 g/mol. The second-order valence-electron chi connectivity index (χ2n) is 9.86. The van der Waals surface area contributed by atoms with Crippen LogP contribution in [0.4, 0.5) is 5.69 Å². The Morgan fingerprint density at radius 1 is 1.16 bits per heavy atom. The standard InChI is InChI=1S/C27H31N5O4S/c1-5-19-14-32-20(15-31(19)22(6-2)17-7-10-21(11-8-17)37(4,34)35)16-36-26-25(32)24-23(30(3)27(26)33)12-9-18(13-28)29-24/h7-12,19-20,22H,5-6,14-16H2,1-4H3/t19-,20+,22+/m1/s1. The highest BCUT2D eigenvalue weighted by Gasteiger charge is 2.42. The number of nitriles is 1. The molecular formula is C27H31N5O4S. The molecule has 2 aliphatic heterocycles. The number of sulfone groups is 1. The fourth-order valence-electron chi connectivity index (χ4n) is 5.74. The number of hydrogen-bond donors (Lipinski definition) is 0. The number of ether oxygens (including phenoxy) is 1. The zero-order valence-electron chi connectivity index (χ0n) is 21.5. The van der Waals surface area contributed by atoms with Gasteiger partial charge in [0.15, 0.2) is 9.84 Å². The zero-order valence-corrected chi connectivity index (χ0v) is 22.3. The quantitative estimate of drug-likeness (QED) is 0.504. The largest absolute Gasteiger partial charge is 0.484 e. The van der Waals surface area contributed by atoms with Gasteiger partial charge in [-0.25, -0.2) is 13.4 Å². The fourth-order valence-corrected chi connectivity index (χ4v) is 6.37. The number of rotatable bonds is 5. The third kappa shape index (κ3) is 4.26.